The molecule has 0 radical (unpaired) electrons. The minimum absolute atomic E-state index is 0.0201. The lowest BCUT2D eigenvalue weighted by molar-refractivity contribution is 0.302. The fourth-order valence-electron chi connectivity index (χ4n) is 1.82. The lowest BCUT2D eigenvalue weighted by atomic mass is 10.1. The summed E-state index contributed by atoms with van der Waals surface area (Å²) in [6.07, 6.45) is 6.03. The van der Waals surface area contributed by atoms with Gasteiger partial charge in [-0.05, 0) is 18.6 Å². The Morgan fingerprint density at radius 2 is 1.79 bits per heavy atom. The topological polar surface area (TPSA) is 68.3 Å². The SMILES string of the molecule is CCCCCCCOc1cc(OC)cc(C(=N)N)c1. The molecule has 0 heterocycles. The van der Waals surface area contributed by atoms with Gasteiger partial charge in [0.05, 0.1) is 13.7 Å². The highest BCUT2D eigenvalue weighted by atomic mass is 16.5. The first-order valence-electron chi connectivity index (χ1n) is 6.83. The number of hydrogen-bond donors (Lipinski definition) is 2. The summed E-state index contributed by atoms with van der Waals surface area (Å²) < 4.78 is 10.9. The minimum Gasteiger partial charge on any atom is -0.497 e. The second-order valence-corrected chi connectivity index (χ2v) is 4.57. The lowest BCUT2D eigenvalue weighted by Gasteiger charge is -2.10. The number of amidine groups is 1. The van der Waals surface area contributed by atoms with Crippen LogP contribution in [0, 0.1) is 5.41 Å². The van der Waals surface area contributed by atoms with Crippen molar-refractivity contribution in [2.45, 2.75) is 39.0 Å². The van der Waals surface area contributed by atoms with Gasteiger partial charge in [0, 0.05) is 11.6 Å². The Labute approximate surface area is 115 Å². The molecular weight excluding hydrogens is 240 g/mol. The molecule has 19 heavy (non-hydrogen) atoms. The summed E-state index contributed by atoms with van der Waals surface area (Å²) >= 11 is 0. The summed E-state index contributed by atoms with van der Waals surface area (Å²) in [5.74, 6) is 1.39. The zero-order valence-electron chi connectivity index (χ0n) is 11.9. The van der Waals surface area contributed by atoms with Gasteiger partial charge >= 0.3 is 0 Å². The van der Waals surface area contributed by atoms with Gasteiger partial charge in [-0.1, -0.05) is 32.6 Å². The van der Waals surface area contributed by atoms with Crippen LogP contribution in [0.2, 0.25) is 0 Å². The highest BCUT2D eigenvalue weighted by Gasteiger charge is 2.04. The molecule has 1 aromatic carbocycles. The van der Waals surface area contributed by atoms with Crippen molar-refractivity contribution < 1.29 is 9.47 Å². The Morgan fingerprint density at radius 1 is 1.11 bits per heavy atom. The van der Waals surface area contributed by atoms with E-state index >= 15 is 0 Å². The number of ether oxygens (including phenoxy) is 2. The summed E-state index contributed by atoms with van der Waals surface area (Å²) in [6, 6.07) is 5.33. The van der Waals surface area contributed by atoms with Crippen molar-refractivity contribution in [2.24, 2.45) is 5.73 Å². The Morgan fingerprint density at radius 3 is 2.42 bits per heavy atom. The van der Waals surface area contributed by atoms with Gasteiger partial charge in [-0.15, -0.1) is 0 Å². The van der Waals surface area contributed by atoms with E-state index in [0.29, 0.717) is 23.7 Å². The number of nitrogens with two attached hydrogens (primary N) is 1. The van der Waals surface area contributed by atoms with Crippen LogP contribution in [0.3, 0.4) is 0 Å². The molecule has 106 valence electrons. The number of methoxy groups -OCH3 is 1. The largest absolute Gasteiger partial charge is 0.497 e. The molecule has 0 unspecified atom stereocenters. The third kappa shape index (κ3) is 5.64. The highest BCUT2D eigenvalue weighted by Crippen LogP contribution is 2.22. The maximum atomic E-state index is 7.46. The summed E-state index contributed by atoms with van der Waals surface area (Å²) in [6.45, 7) is 2.89. The Kier molecular flexibility index (Phi) is 6.79. The quantitative estimate of drug-likeness (QED) is 0.408. The monoisotopic (exact) mass is 264 g/mol. The Balaban J connectivity index is 2.48. The number of hydrogen-bond acceptors (Lipinski definition) is 3. The van der Waals surface area contributed by atoms with Crippen molar-refractivity contribution in [3.63, 3.8) is 0 Å². The van der Waals surface area contributed by atoms with E-state index in [-0.39, 0.29) is 5.84 Å². The van der Waals surface area contributed by atoms with Crippen molar-refractivity contribution in [1.82, 2.24) is 0 Å². The molecule has 0 aliphatic rings. The maximum absolute atomic E-state index is 7.46. The Bertz CT molecular complexity index is 405. The summed E-state index contributed by atoms with van der Waals surface area (Å²) in [7, 11) is 1.59. The van der Waals surface area contributed by atoms with E-state index in [1.54, 1.807) is 19.2 Å². The number of rotatable bonds is 9. The van der Waals surface area contributed by atoms with Crippen molar-refractivity contribution in [1.29, 1.82) is 5.41 Å². The average molecular weight is 264 g/mol. The fraction of sp³-hybridized carbons (Fsp3) is 0.533. The van der Waals surface area contributed by atoms with E-state index in [9.17, 15) is 0 Å². The van der Waals surface area contributed by atoms with Crippen molar-refractivity contribution >= 4 is 5.84 Å². The van der Waals surface area contributed by atoms with Crippen LogP contribution in [0.15, 0.2) is 18.2 Å². The van der Waals surface area contributed by atoms with Gasteiger partial charge in [-0.25, -0.2) is 0 Å². The van der Waals surface area contributed by atoms with Crippen LogP contribution in [-0.4, -0.2) is 19.6 Å². The smallest absolute Gasteiger partial charge is 0.123 e. The molecule has 0 saturated carbocycles. The van der Waals surface area contributed by atoms with E-state index in [0.717, 1.165) is 6.42 Å². The van der Waals surface area contributed by atoms with Crippen LogP contribution in [0.25, 0.3) is 0 Å². The van der Waals surface area contributed by atoms with Gasteiger partial charge in [0.15, 0.2) is 0 Å². The molecule has 0 aliphatic carbocycles. The van der Waals surface area contributed by atoms with E-state index in [1.165, 1.54) is 25.7 Å². The molecule has 0 saturated heterocycles. The molecule has 1 rings (SSSR count). The molecule has 0 spiro atoms. The summed E-state index contributed by atoms with van der Waals surface area (Å²) in [4.78, 5) is 0. The van der Waals surface area contributed by atoms with E-state index in [2.05, 4.69) is 6.92 Å². The van der Waals surface area contributed by atoms with E-state index in [1.807, 2.05) is 6.07 Å². The number of nitrogen functional groups attached to an aromatic ring is 1. The van der Waals surface area contributed by atoms with Crippen LogP contribution in [0.5, 0.6) is 11.5 Å². The van der Waals surface area contributed by atoms with Gasteiger partial charge in [0.2, 0.25) is 0 Å². The Hall–Kier alpha value is -1.71. The molecule has 4 nitrogen and oxygen atoms in total. The molecule has 0 amide bonds. The first kappa shape index (κ1) is 15.3. The average Bonchev–Trinajstić information content (AvgIpc) is 2.42. The second kappa shape index (κ2) is 8.40. The van der Waals surface area contributed by atoms with Crippen molar-refractivity contribution in [2.75, 3.05) is 13.7 Å². The number of benzene rings is 1. The fourth-order valence-corrected chi connectivity index (χ4v) is 1.82. The lowest BCUT2D eigenvalue weighted by Crippen LogP contribution is -2.11. The molecule has 0 bridgehead atoms. The molecule has 1 aromatic rings. The number of unbranched alkanes of at least 4 members (excludes halogenated alkanes) is 4. The van der Waals surface area contributed by atoms with Gasteiger partial charge in [-0.3, -0.25) is 5.41 Å². The first-order valence-corrected chi connectivity index (χ1v) is 6.83. The molecular formula is C15H24N2O2. The third-order valence-electron chi connectivity index (χ3n) is 2.94. The molecule has 4 heteroatoms. The summed E-state index contributed by atoms with van der Waals surface area (Å²) in [5.41, 5.74) is 6.11. The van der Waals surface area contributed by atoms with Gasteiger partial charge in [0.1, 0.15) is 17.3 Å². The molecule has 3 N–H and O–H groups in total. The van der Waals surface area contributed by atoms with Crippen LogP contribution in [0.1, 0.15) is 44.6 Å². The van der Waals surface area contributed by atoms with Gasteiger partial charge in [0.25, 0.3) is 0 Å². The standard InChI is InChI=1S/C15H24N2O2/c1-3-4-5-6-7-8-19-14-10-12(15(16)17)9-13(11-14)18-2/h9-11H,3-8H2,1-2H3,(H3,16,17). The van der Waals surface area contributed by atoms with Crippen LogP contribution < -0.4 is 15.2 Å². The highest BCUT2D eigenvalue weighted by molar-refractivity contribution is 5.95. The number of nitrogens with one attached hydrogen (secondary N) is 1. The van der Waals surface area contributed by atoms with Crippen molar-refractivity contribution in [3.8, 4) is 11.5 Å². The molecule has 0 atom stereocenters. The maximum Gasteiger partial charge on any atom is 0.123 e. The molecule has 0 aromatic heterocycles. The van der Waals surface area contributed by atoms with Crippen LogP contribution in [0.4, 0.5) is 0 Å². The van der Waals surface area contributed by atoms with Gasteiger partial charge in [-0.2, -0.15) is 0 Å². The predicted molar refractivity (Wildman–Crippen MR) is 78.3 cm³/mol. The van der Waals surface area contributed by atoms with Crippen molar-refractivity contribution in [3.05, 3.63) is 23.8 Å². The zero-order valence-corrected chi connectivity index (χ0v) is 11.9. The molecule has 0 aliphatic heterocycles. The zero-order chi connectivity index (χ0) is 14.1. The minimum atomic E-state index is 0.0201. The predicted octanol–water partition coefficient (Wildman–Crippen LogP) is 3.33. The van der Waals surface area contributed by atoms with E-state index < -0.39 is 0 Å². The molecule has 0 fully saturated rings. The summed E-state index contributed by atoms with van der Waals surface area (Å²) in [5, 5.41) is 7.46. The normalized spacial score (nSPS) is 10.2. The van der Waals surface area contributed by atoms with Crippen LogP contribution in [-0.2, 0) is 0 Å². The second-order valence-electron chi connectivity index (χ2n) is 4.57. The van der Waals surface area contributed by atoms with Gasteiger partial charge < -0.3 is 15.2 Å². The first-order chi connectivity index (χ1) is 9.17. The van der Waals surface area contributed by atoms with Crippen LogP contribution >= 0.6 is 0 Å². The van der Waals surface area contributed by atoms with E-state index in [4.69, 9.17) is 20.6 Å². The third-order valence-corrected chi connectivity index (χ3v) is 2.94.